The van der Waals surface area contributed by atoms with Crippen molar-refractivity contribution < 1.29 is 9.53 Å². The summed E-state index contributed by atoms with van der Waals surface area (Å²) in [6.45, 7) is 7.67. The Morgan fingerprint density at radius 2 is 2.31 bits per heavy atom. The molecule has 4 nitrogen and oxygen atoms in total. The summed E-state index contributed by atoms with van der Waals surface area (Å²) in [5.74, 6) is 0.281. The van der Waals surface area contributed by atoms with Crippen LogP contribution in [0.15, 0.2) is 6.20 Å². The molecule has 1 aromatic heterocycles. The van der Waals surface area contributed by atoms with E-state index < -0.39 is 0 Å². The summed E-state index contributed by atoms with van der Waals surface area (Å²) in [5.41, 5.74) is 1.50. The van der Waals surface area contributed by atoms with Gasteiger partial charge in [-0.15, -0.1) is 0 Å². The molecule has 0 aromatic carbocycles. The second kappa shape index (κ2) is 4.01. The first kappa shape index (κ1) is 11.3. The minimum atomic E-state index is -0.0878. The Kier molecular flexibility index (Phi) is 2.84. The lowest BCUT2D eigenvalue weighted by Gasteiger charge is -2.19. The van der Waals surface area contributed by atoms with Crippen molar-refractivity contribution in [2.24, 2.45) is 0 Å². The Bertz CT molecular complexity index is 384. The summed E-state index contributed by atoms with van der Waals surface area (Å²) < 4.78 is 7.21. The van der Waals surface area contributed by atoms with Crippen LogP contribution in [0.5, 0.6) is 0 Å². The number of hydrogen-bond acceptors (Lipinski definition) is 3. The molecule has 1 aromatic rings. The second-order valence-corrected chi connectivity index (χ2v) is 5.26. The maximum absolute atomic E-state index is 11.0. The Hall–Kier alpha value is -1.16. The second-order valence-electron chi connectivity index (χ2n) is 5.26. The number of rotatable bonds is 2. The van der Waals surface area contributed by atoms with Crippen molar-refractivity contribution in [2.45, 2.75) is 38.6 Å². The molecule has 0 aliphatic carbocycles. The van der Waals surface area contributed by atoms with E-state index in [4.69, 9.17) is 4.74 Å². The average molecular weight is 222 g/mol. The van der Waals surface area contributed by atoms with Crippen LogP contribution < -0.4 is 0 Å². The highest BCUT2D eigenvalue weighted by Gasteiger charge is 2.26. The van der Waals surface area contributed by atoms with E-state index in [9.17, 15) is 4.79 Å². The Morgan fingerprint density at radius 3 is 2.81 bits per heavy atom. The van der Waals surface area contributed by atoms with E-state index >= 15 is 0 Å². The number of nitrogens with zero attached hydrogens (tertiary/aromatic N) is 2. The highest BCUT2D eigenvalue weighted by atomic mass is 16.5. The van der Waals surface area contributed by atoms with Crippen LogP contribution in [0, 0.1) is 0 Å². The summed E-state index contributed by atoms with van der Waals surface area (Å²) in [7, 11) is 0. The lowest BCUT2D eigenvalue weighted by molar-refractivity contribution is 0.112. The van der Waals surface area contributed by atoms with Crippen molar-refractivity contribution in [3.05, 3.63) is 17.5 Å². The maximum atomic E-state index is 11.0. The summed E-state index contributed by atoms with van der Waals surface area (Å²) in [4.78, 5) is 11.0. The molecule has 1 saturated heterocycles. The van der Waals surface area contributed by atoms with Crippen molar-refractivity contribution >= 4 is 6.29 Å². The van der Waals surface area contributed by atoms with Crippen LogP contribution in [-0.2, 0) is 10.3 Å². The number of hydrogen-bond donors (Lipinski definition) is 0. The van der Waals surface area contributed by atoms with Crippen LogP contribution in [-0.4, -0.2) is 29.3 Å². The van der Waals surface area contributed by atoms with Gasteiger partial charge in [-0.2, -0.15) is 5.10 Å². The molecule has 16 heavy (non-hydrogen) atoms. The van der Waals surface area contributed by atoms with E-state index in [1.807, 2.05) is 10.9 Å². The normalized spacial score (nSPS) is 21.3. The quantitative estimate of drug-likeness (QED) is 0.718. The van der Waals surface area contributed by atoms with Gasteiger partial charge in [0.05, 0.1) is 23.4 Å². The van der Waals surface area contributed by atoms with Gasteiger partial charge in [0.25, 0.3) is 0 Å². The zero-order valence-electron chi connectivity index (χ0n) is 10.1. The predicted octanol–water partition coefficient (Wildman–Crippen LogP) is 1.95. The highest BCUT2D eigenvalue weighted by Crippen LogP contribution is 2.27. The summed E-state index contributed by atoms with van der Waals surface area (Å²) in [5, 5.41) is 4.54. The highest BCUT2D eigenvalue weighted by molar-refractivity contribution is 5.76. The van der Waals surface area contributed by atoms with E-state index in [2.05, 4.69) is 25.9 Å². The van der Waals surface area contributed by atoms with Gasteiger partial charge in [0.15, 0.2) is 6.29 Å². The van der Waals surface area contributed by atoms with Gasteiger partial charge in [-0.3, -0.25) is 9.48 Å². The Labute approximate surface area is 95.6 Å². The lowest BCUT2D eigenvalue weighted by Crippen LogP contribution is -2.22. The standard InChI is InChI=1S/C12H18N2O2/c1-12(2,3)14-6-10(7-15)11(13-14)9-4-5-16-8-9/h6-7,9H,4-5,8H2,1-3H3. The number of carbonyl (C=O) groups is 1. The Balaban J connectivity index is 2.36. The molecule has 0 bridgehead atoms. The third kappa shape index (κ3) is 2.02. The number of aromatic nitrogens is 2. The van der Waals surface area contributed by atoms with E-state index in [0.717, 1.165) is 25.0 Å². The fourth-order valence-electron chi connectivity index (χ4n) is 1.90. The van der Waals surface area contributed by atoms with Gasteiger partial charge >= 0.3 is 0 Å². The van der Waals surface area contributed by atoms with E-state index in [1.54, 1.807) is 0 Å². The smallest absolute Gasteiger partial charge is 0.153 e. The first-order valence-corrected chi connectivity index (χ1v) is 5.65. The monoisotopic (exact) mass is 222 g/mol. The zero-order chi connectivity index (χ0) is 11.8. The van der Waals surface area contributed by atoms with Crippen LogP contribution in [0.2, 0.25) is 0 Å². The van der Waals surface area contributed by atoms with E-state index in [-0.39, 0.29) is 11.5 Å². The number of carbonyl (C=O) groups excluding carboxylic acids is 1. The lowest BCUT2D eigenvalue weighted by atomic mass is 10.0. The van der Waals surface area contributed by atoms with Gasteiger partial charge in [-0.1, -0.05) is 0 Å². The minimum absolute atomic E-state index is 0.0878. The van der Waals surface area contributed by atoms with Gasteiger partial charge in [0.2, 0.25) is 0 Å². The molecule has 2 rings (SSSR count). The SMILES string of the molecule is CC(C)(C)n1cc(C=O)c(C2CCOC2)n1. The topological polar surface area (TPSA) is 44.1 Å². The van der Waals surface area contributed by atoms with Crippen molar-refractivity contribution in [3.63, 3.8) is 0 Å². The summed E-state index contributed by atoms with van der Waals surface area (Å²) >= 11 is 0. The van der Waals surface area contributed by atoms with Crippen molar-refractivity contribution in [2.75, 3.05) is 13.2 Å². The van der Waals surface area contributed by atoms with Crippen molar-refractivity contribution in [3.8, 4) is 0 Å². The van der Waals surface area contributed by atoms with Crippen molar-refractivity contribution in [1.29, 1.82) is 0 Å². The molecule has 0 spiro atoms. The molecule has 1 fully saturated rings. The van der Waals surface area contributed by atoms with Crippen LogP contribution in [0.3, 0.4) is 0 Å². The molecule has 88 valence electrons. The predicted molar refractivity (Wildman–Crippen MR) is 60.8 cm³/mol. The molecule has 0 radical (unpaired) electrons. The molecule has 1 unspecified atom stereocenters. The third-order valence-corrected chi connectivity index (χ3v) is 2.90. The Morgan fingerprint density at radius 1 is 1.56 bits per heavy atom. The van der Waals surface area contributed by atoms with Crippen LogP contribution in [0.25, 0.3) is 0 Å². The third-order valence-electron chi connectivity index (χ3n) is 2.90. The molecule has 0 amide bonds. The fourth-order valence-corrected chi connectivity index (χ4v) is 1.90. The van der Waals surface area contributed by atoms with Crippen LogP contribution >= 0.6 is 0 Å². The van der Waals surface area contributed by atoms with Gasteiger partial charge in [-0.25, -0.2) is 0 Å². The minimum Gasteiger partial charge on any atom is -0.381 e. The first-order chi connectivity index (χ1) is 7.52. The molecular weight excluding hydrogens is 204 g/mol. The maximum Gasteiger partial charge on any atom is 0.153 e. The molecule has 0 N–H and O–H groups in total. The molecular formula is C12H18N2O2. The molecule has 1 aliphatic rings. The number of ether oxygens (including phenoxy) is 1. The first-order valence-electron chi connectivity index (χ1n) is 5.65. The van der Waals surface area contributed by atoms with Crippen LogP contribution in [0.1, 0.15) is 49.2 Å². The van der Waals surface area contributed by atoms with Gasteiger partial charge in [0.1, 0.15) is 0 Å². The summed E-state index contributed by atoms with van der Waals surface area (Å²) in [6.07, 6.45) is 3.69. The largest absolute Gasteiger partial charge is 0.381 e. The van der Waals surface area contributed by atoms with Gasteiger partial charge < -0.3 is 4.74 Å². The van der Waals surface area contributed by atoms with Gasteiger partial charge in [-0.05, 0) is 27.2 Å². The zero-order valence-corrected chi connectivity index (χ0v) is 10.1. The number of aldehydes is 1. The summed E-state index contributed by atoms with van der Waals surface area (Å²) in [6, 6.07) is 0. The van der Waals surface area contributed by atoms with Crippen LogP contribution in [0.4, 0.5) is 0 Å². The molecule has 1 atom stereocenters. The van der Waals surface area contributed by atoms with E-state index in [0.29, 0.717) is 12.2 Å². The molecule has 1 aliphatic heterocycles. The molecule has 2 heterocycles. The molecule has 4 heteroatoms. The molecule has 0 saturated carbocycles. The van der Waals surface area contributed by atoms with E-state index in [1.165, 1.54) is 0 Å². The average Bonchev–Trinajstić information content (AvgIpc) is 2.85. The van der Waals surface area contributed by atoms with Gasteiger partial charge in [0, 0.05) is 18.7 Å². The fraction of sp³-hybridized carbons (Fsp3) is 0.667. The van der Waals surface area contributed by atoms with Crippen molar-refractivity contribution in [1.82, 2.24) is 9.78 Å².